The number of aryl methyl sites for hydroxylation is 1. The lowest BCUT2D eigenvalue weighted by Gasteiger charge is -2.37. The highest BCUT2D eigenvalue weighted by Gasteiger charge is 2.32. The van der Waals surface area contributed by atoms with Crippen molar-refractivity contribution in [3.8, 4) is 11.5 Å². The first-order valence-electron chi connectivity index (χ1n) is 13.7. The first-order valence-corrected chi connectivity index (χ1v) is 14.5. The zero-order valence-electron chi connectivity index (χ0n) is 23.5. The van der Waals surface area contributed by atoms with Crippen molar-refractivity contribution in [1.29, 1.82) is 0 Å². The summed E-state index contributed by atoms with van der Waals surface area (Å²) < 4.78 is 52.1. The molecule has 3 aromatic rings. The summed E-state index contributed by atoms with van der Waals surface area (Å²) in [6.45, 7) is 0.915. The Morgan fingerprint density at radius 3 is 2.33 bits per heavy atom. The molecule has 0 saturated carbocycles. The zero-order valence-corrected chi connectivity index (χ0v) is 25.0. The third-order valence-corrected chi connectivity index (χ3v) is 7.81. The van der Waals surface area contributed by atoms with Crippen LogP contribution in [0.3, 0.4) is 0 Å². The highest BCUT2D eigenvalue weighted by molar-refractivity contribution is 6.42. The summed E-state index contributed by atoms with van der Waals surface area (Å²) in [4.78, 5) is 28.5. The van der Waals surface area contributed by atoms with E-state index in [4.69, 9.17) is 32.7 Å². The molecule has 230 valence electrons. The molecule has 0 spiro atoms. The molecule has 1 saturated heterocycles. The number of carbonyl (C=O) groups excluding carboxylic acids is 2. The van der Waals surface area contributed by atoms with Gasteiger partial charge in [0.05, 0.1) is 22.3 Å². The van der Waals surface area contributed by atoms with E-state index in [1.54, 1.807) is 43.3 Å². The molecule has 0 bridgehead atoms. The highest BCUT2D eigenvalue weighted by atomic mass is 35.5. The lowest BCUT2D eigenvalue weighted by Crippen LogP contribution is -2.51. The van der Waals surface area contributed by atoms with Crippen LogP contribution in [-0.4, -0.2) is 55.9 Å². The molecule has 7 nitrogen and oxygen atoms in total. The van der Waals surface area contributed by atoms with E-state index in [1.807, 2.05) is 6.07 Å². The van der Waals surface area contributed by atoms with E-state index in [1.165, 1.54) is 11.0 Å². The number of hydrogen-bond donors (Lipinski definition) is 1. The second-order valence-electron chi connectivity index (χ2n) is 10.2. The SMILES string of the molecule is Cc1cc(OC(CF)CF)c(F)cc1N(C(=O)N(C=O)Cc1ccc(OCc2ccc(Cl)c(Cl)c2)cc1)C1CCNCC1. The third kappa shape index (κ3) is 8.34. The lowest BCUT2D eigenvalue weighted by molar-refractivity contribution is -0.116. The number of imide groups is 1. The maximum absolute atomic E-state index is 15.1. The van der Waals surface area contributed by atoms with Gasteiger partial charge in [-0.05, 0) is 79.9 Å². The minimum absolute atomic E-state index is 0.0335. The molecule has 12 heteroatoms. The standard InChI is InChI=1S/C31H32Cl2F3N3O4/c1-20-12-30(43-25(15-34)16-35)28(36)14-29(20)39(23-8-10-37-11-9-23)31(41)38(19-40)17-21-2-5-24(6-3-21)42-18-22-4-7-26(32)27(33)13-22/h2-7,12-14,19,23,25,37H,8-11,15-18H2,1H3. The van der Waals surface area contributed by atoms with Gasteiger partial charge >= 0.3 is 6.03 Å². The minimum atomic E-state index is -1.43. The molecule has 0 aliphatic carbocycles. The largest absolute Gasteiger partial charge is 0.489 e. The molecule has 3 amide bonds. The number of urea groups is 1. The number of benzene rings is 3. The average Bonchev–Trinajstić information content (AvgIpc) is 3.02. The van der Waals surface area contributed by atoms with Gasteiger partial charge in [-0.1, -0.05) is 41.4 Å². The van der Waals surface area contributed by atoms with Crippen LogP contribution < -0.4 is 19.7 Å². The van der Waals surface area contributed by atoms with Crippen LogP contribution in [0, 0.1) is 12.7 Å². The van der Waals surface area contributed by atoms with Gasteiger partial charge in [0.25, 0.3) is 0 Å². The quantitative estimate of drug-likeness (QED) is 0.216. The molecular formula is C31H32Cl2F3N3O4. The summed E-state index contributed by atoms with van der Waals surface area (Å²) >= 11 is 12.0. The summed E-state index contributed by atoms with van der Waals surface area (Å²) in [6, 6.07) is 13.6. The third-order valence-electron chi connectivity index (χ3n) is 7.07. The molecule has 0 aromatic heterocycles. The summed E-state index contributed by atoms with van der Waals surface area (Å²) in [7, 11) is 0. The van der Waals surface area contributed by atoms with E-state index in [0.29, 0.717) is 59.3 Å². The van der Waals surface area contributed by atoms with E-state index in [-0.39, 0.29) is 30.6 Å². The molecule has 1 aliphatic rings. The number of anilines is 1. The number of nitrogens with zero attached hydrogens (tertiary/aromatic N) is 2. The maximum Gasteiger partial charge on any atom is 0.331 e. The number of halogens is 5. The number of carbonyl (C=O) groups is 2. The fourth-order valence-electron chi connectivity index (χ4n) is 4.77. The molecule has 1 N–H and O–H groups in total. The molecule has 0 unspecified atom stereocenters. The molecule has 1 aliphatic heterocycles. The van der Waals surface area contributed by atoms with Crippen molar-refractivity contribution in [2.75, 3.05) is 31.3 Å². The van der Waals surface area contributed by atoms with Crippen molar-refractivity contribution >= 4 is 41.3 Å². The Morgan fingerprint density at radius 1 is 1.02 bits per heavy atom. The fourth-order valence-corrected chi connectivity index (χ4v) is 5.09. The molecule has 1 heterocycles. The van der Waals surface area contributed by atoms with Crippen molar-refractivity contribution in [2.45, 2.75) is 45.1 Å². The predicted molar refractivity (Wildman–Crippen MR) is 160 cm³/mol. The highest BCUT2D eigenvalue weighted by Crippen LogP contribution is 2.33. The second-order valence-corrected chi connectivity index (χ2v) is 11.0. The maximum atomic E-state index is 15.1. The Balaban J connectivity index is 1.52. The summed E-state index contributed by atoms with van der Waals surface area (Å²) in [5.41, 5.74) is 2.21. The first-order chi connectivity index (χ1) is 20.7. The van der Waals surface area contributed by atoms with Crippen molar-refractivity contribution in [3.05, 3.63) is 87.2 Å². The van der Waals surface area contributed by atoms with Crippen LogP contribution in [0.25, 0.3) is 0 Å². The smallest absolute Gasteiger partial charge is 0.331 e. The van der Waals surface area contributed by atoms with Crippen molar-refractivity contribution < 1.29 is 32.2 Å². The Morgan fingerprint density at radius 2 is 1.70 bits per heavy atom. The van der Waals surface area contributed by atoms with Gasteiger partial charge in [-0.3, -0.25) is 14.6 Å². The van der Waals surface area contributed by atoms with E-state index >= 15 is 4.39 Å². The number of nitrogens with one attached hydrogen (secondary N) is 1. The van der Waals surface area contributed by atoms with Crippen LogP contribution in [0.5, 0.6) is 11.5 Å². The van der Waals surface area contributed by atoms with E-state index < -0.39 is 31.3 Å². The Labute approximate surface area is 258 Å². The van der Waals surface area contributed by atoms with Crippen LogP contribution in [0.2, 0.25) is 10.0 Å². The Hall–Kier alpha value is -3.47. The molecule has 3 aromatic carbocycles. The van der Waals surface area contributed by atoms with Gasteiger partial charge in [0, 0.05) is 12.1 Å². The van der Waals surface area contributed by atoms with Gasteiger partial charge < -0.3 is 14.8 Å². The van der Waals surface area contributed by atoms with E-state index in [0.717, 1.165) is 16.5 Å². The molecule has 0 radical (unpaired) electrons. The van der Waals surface area contributed by atoms with Crippen LogP contribution >= 0.6 is 23.2 Å². The normalized spacial score (nSPS) is 13.6. The molecule has 43 heavy (non-hydrogen) atoms. The fraction of sp³-hybridized carbons (Fsp3) is 0.355. The monoisotopic (exact) mass is 637 g/mol. The first kappa shape index (κ1) is 32.4. The van der Waals surface area contributed by atoms with E-state index in [9.17, 15) is 18.4 Å². The lowest BCUT2D eigenvalue weighted by atomic mass is 10.0. The number of piperidine rings is 1. The van der Waals surface area contributed by atoms with Crippen molar-refractivity contribution in [3.63, 3.8) is 0 Å². The van der Waals surface area contributed by atoms with E-state index in [2.05, 4.69) is 5.32 Å². The topological polar surface area (TPSA) is 71.1 Å². The van der Waals surface area contributed by atoms with Gasteiger partial charge in [0.1, 0.15) is 25.7 Å². The number of alkyl halides is 2. The van der Waals surface area contributed by atoms with Crippen molar-refractivity contribution in [2.24, 2.45) is 0 Å². The van der Waals surface area contributed by atoms with Crippen LogP contribution in [-0.2, 0) is 17.9 Å². The van der Waals surface area contributed by atoms with Gasteiger partial charge in [-0.2, -0.15) is 0 Å². The predicted octanol–water partition coefficient (Wildman–Crippen LogP) is 7.04. The molecule has 1 fully saturated rings. The number of amides is 3. The number of ether oxygens (including phenoxy) is 2. The van der Waals surface area contributed by atoms with Crippen LogP contribution in [0.15, 0.2) is 54.6 Å². The molecule has 0 atom stereocenters. The Bertz CT molecular complexity index is 1400. The van der Waals surface area contributed by atoms with Crippen LogP contribution in [0.1, 0.15) is 29.5 Å². The van der Waals surface area contributed by atoms with Crippen LogP contribution in [0.4, 0.5) is 23.7 Å². The summed E-state index contributed by atoms with van der Waals surface area (Å²) in [5.74, 6) is -0.604. The average molecular weight is 639 g/mol. The van der Waals surface area contributed by atoms with Gasteiger partial charge in [-0.25, -0.2) is 18.0 Å². The van der Waals surface area contributed by atoms with Gasteiger partial charge in [0.15, 0.2) is 17.7 Å². The summed E-state index contributed by atoms with van der Waals surface area (Å²) in [6.07, 6.45) is 0.171. The zero-order chi connectivity index (χ0) is 30.9. The number of rotatable bonds is 12. The molecular weight excluding hydrogens is 606 g/mol. The van der Waals surface area contributed by atoms with Gasteiger partial charge in [-0.15, -0.1) is 0 Å². The minimum Gasteiger partial charge on any atom is -0.489 e. The summed E-state index contributed by atoms with van der Waals surface area (Å²) in [5, 5.41) is 4.12. The number of hydrogen-bond acceptors (Lipinski definition) is 5. The van der Waals surface area contributed by atoms with Gasteiger partial charge in [0.2, 0.25) is 6.41 Å². The second kappa shape index (κ2) is 15.3. The Kier molecular flexibility index (Phi) is 11.6. The van der Waals surface area contributed by atoms with Crippen molar-refractivity contribution in [1.82, 2.24) is 10.2 Å². The molecule has 4 rings (SSSR count).